The lowest BCUT2D eigenvalue weighted by molar-refractivity contribution is 0.0526. The van der Waals surface area contributed by atoms with Crippen LogP contribution in [0, 0.1) is 0 Å². The van der Waals surface area contributed by atoms with Crippen molar-refractivity contribution in [3.63, 3.8) is 0 Å². The number of nitrogens with zero attached hydrogens (tertiary/aromatic N) is 1. The number of pyridine rings is 1. The van der Waals surface area contributed by atoms with Crippen molar-refractivity contribution < 1.29 is 9.53 Å². The van der Waals surface area contributed by atoms with Gasteiger partial charge in [0.1, 0.15) is 0 Å². The van der Waals surface area contributed by atoms with Crippen LogP contribution in [0.1, 0.15) is 17.3 Å². The Bertz CT molecular complexity index is 847. The Morgan fingerprint density at radius 2 is 1.96 bits per heavy atom. The van der Waals surface area contributed by atoms with Crippen LogP contribution in [0.3, 0.4) is 0 Å². The zero-order chi connectivity index (χ0) is 16.2. The molecule has 0 aliphatic rings. The normalized spacial score (nSPS) is 10.5. The van der Waals surface area contributed by atoms with Gasteiger partial charge in [-0.2, -0.15) is 0 Å². The molecule has 0 unspecified atom stereocenters. The fourth-order valence-corrected chi connectivity index (χ4v) is 2.46. The zero-order valence-corrected chi connectivity index (χ0v) is 13.3. The number of halogens is 1. The molecular weight excluding hydrogens is 312 g/mol. The molecule has 0 bridgehead atoms. The number of benzene rings is 2. The Labute approximate surface area is 139 Å². The number of aromatic nitrogens is 1. The minimum Gasteiger partial charge on any atom is -0.462 e. The van der Waals surface area contributed by atoms with Crippen molar-refractivity contribution in [3.05, 3.63) is 65.3 Å². The van der Waals surface area contributed by atoms with E-state index >= 15 is 0 Å². The summed E-state index contributed by atoms with van der Waals surface area (Å²) in [6.07, 6.45) is 1.74. The molecule has 0 aliphatic heterocycles. The Morgan fingerprint density at radius 1 is 1.17 bits per heavy atom. The lowest BCUT2D eigenvalue weighted by atomic mass is 10.1. The number of fused-ring (bicyclic) bond motifs is 1. The van der Waals surface area contributed by atoms with E-state index < -0.39 is 0 Å². The molecular formula is C18H15ClN2O2. The Kier molecular flexibility index (Phi) is 4.44. The van der Waals surface area contributed by atoms with Gasteiger partial charge in [0.05, 0.1) is 17.7 Å². The summed E-state index contributed by atoms with van der Waals surface area (Å²) in [5.74, 6) is -0.319. The van der Waals surface area contributed by atoms with Crippen LogP contribution in [0.15, 0.2) is 54.7 Å². The van der Waals surface area contributed by atoms with Crippen LogP contribution < -0.4 is 5.32 Å². The summed E-state index contributed by atoms with van der Waals surface area (Å²) in [5.41, 5.74) is 3.16. The average Bonchev–Trinajstić information content (AvgIpc) is 2.56. The number of rotatable bonds is 4. The van der Waals surface area contributed by atoms with Crippen LogP contribution in [0.5, 0.6) is 0 Å². The molecule has 1 aromatic heterocycles. The molecule has 5 heteroatoms. The van der Waals surface area contributed by atoms with Crippen LogP contribution in [0.4, 0.5) is 11.4 Å². The molecule has 1 N–H and O–H groups in total. The van der Waals surface area contributed by atoms with Crippen molar-refractivity contribution in [2.45, 2.75) is 6.92 Å². The topological polar surface area (TPSA) is 51.2 Å². The van der Waals surface area contributed by atoms with Crippen molar-refractivity contribution >= 4 is 39.8 Å². The van der Waals surface area contributed by atoms with Crippen LogP contribution in [-0.4, -0.2) is 17.6 Å². The Morgan fingerprint density at radius 3 is 2.70 bits per heavy atom. The minimum atomic E-state index is -0.319. The molecule has 3 rings (SSSR count). The van der Waals surface area contributed by atoms with Gasteiger partial charge in [-0.1, -0.05) is 11.6 Å². The summed E-state index contributed by atoms with van der Waals surface area (Å²) in [5, 5.41) is 4.92. The predicted octanol–water partition coefficient (Wildman–Crippen LogP) is 4.81. The molecule has 0 atom stereocenters. The van der Waals surface area contributed by atoms with Gasteiger partial charge in [0.2, 0.25) is 0 Å². The highest BCUT2D eigenvalue weighted by Crippen LogP contribution is 2.27. The summed E-state index contributed by atoms with van der Waals surface area (Å²) in [6.45, 7) is 2.15. The van der Waals surface area contributed by atoms with Gasteiger partial charge in [-0.05, 0) is 55.5 Å². The molecule has 0 saturated carbocycles. The molecule has 0 saturated heterocycles. The van der Waals surface area contributed by atoms with Gasteiger partial charge in [0.25, 0.3) is 0 Å². The first kappa shape index (κ1) is 15.3. The highest BCUT2D eigenvalue weighted by atomic mass is 35.5. The summed E-state index contributed by atoms with van der Waals surface area (Å²) in [7, 11) is 0. The van der Waals surface area contributed by atoms with Gasteiger partial charge in [-0.15, -0.1) is 0 Å². The highest BCUT2D eigenvalue weighted by Gasteiger charge is 2.07. The van der Waals surface area contributed by atoms with E-state index in [1.54, 1.807) is 25.3 Å². The van der Waals surface area contributed by atoms with E-state index in [0.717, 1.165) is 22.3 Å². The van der Waals surface area contributed by atoms with Gasteiger partial charge in [0, 0.05) is 28.0 Å². The monoisotopic (exact) mass is 326 g/mol. The second-order valence-electron chi connectivity index (χ2n) is 4.94. The van der Waals surface area contributed by atoms with Crippen LogP contribution in [0.2, 0.25) is 5.02 Å². The average molecular weight is 327 g/mol. The third-order valence-corrected chi connectivity index (χ3v) is 3.61. The van der Waals surface area contributed by atoms with Crippen molar-refractivity contribution in [1.29, 1.82) is 0 Å². The van der Waals surface area contributed by atoms with Crippen molar-refractivity contribution in [2.24, 2.45) is 0 Å². The summed E-state index contributed by atoms with van der Waals surface area (Å²) in [4.78, 5) is 16.0. The van der Waals surface area contributed by atoms with Gasteiger partial charge >= 0.3 is 5.97 Å². The quantitative estimate of drug-likeness (QED) is 0.699. The van der Waals surface area contributed by atoms with Crippen LogP contribution in [-0.2, 0) is 4.74 Å². The van der Waals surface area contributed by atoms with E-state index in [1.165, 1.54) is 0 Å². The van der Waals surface area contributed by atoms with Crippen LogP contribution in [0.25, 0.3) is 10.9 Å². The molecule has 116 valence electrons. The third kappa shape index (κ3) is 3.43. The van der Waals surface area contributed by atoms with Gasteiger partial charge in [0.15, 0.2) is 0 Å². The van der Waals surface area contributed by atoms with E-state index in [2.05, 4.69) is 10.3 Å². The first-order valence-corrected chi connectivity index (χ1v) is 7.63. The highest BCUT2D eigenvalue weighted by molar-refractivity contribution is 6.31. The van der Waals surface area contributed by atoms with Gasteiger partial charge in [-0.3, -0.25) is 4.98 Å². The fraction of sp³-hybridized carbons (Fsp3) is 0.111. The smallest absolute Gasteiger partial charge is 0.338 e. The first-order valence-electron chi connectivity index (χ1n) is 7.26. The van der Waals surface area contributed by atoms with Crippen molar-refractivity contribution in [1.82, 2.24) is 4.98 Å². The molecule has 0 aliphatic carbocycles. The van der Waals surface area contributed by atoms with Crippen molar-refractivity contribution in [3.8, 4) is 0 Å². The molecule has 23 heavy (non-hydrogen) atoms. The maximum absolute atomic E-state index is 11.7. The SMILES string of the molecule is CCOC(=O)c1ccc(Nc2ccnc3ccc(Cl)cc23)cc1. The Hall–Kier alpha value is -2.59. The third-order valence-electron chi connectivity index (χ3n) is 3.38. The summed E-state index contributed by atoms with van der Waals surface area (Å²) < 4.78 is 4.97. The number of hydrogen-bond donors (Lipinski definition) is 1. The zero-order valence-electron chi connectivity index (χ0n) is 12.5. The van der Waals surface area contributed by atoms with Gasteiger partial charge in [-0.25, -0.2) is 4.79 Å². The van der Waals surface area contributed by atoms with E-state index in [1.807, 2.05) is 36.4 Å². The molecule has 2 aromatic carbocycles. The number of esters is 1. The standard InChI is InChI=1S/C18H15ClN2O2/c1-2-23-18(22)12-3-6-14(7-4-12)21-17-9-10-20-16-8-5-13(19)11-15(16)17/h3-11H,2H2,1H3,(H,20,21). The fourth-order valence-electron chi connectivity index (χ4n) is 2.29. The number of carbonyl (C=O) groups is 1. The summed E-state index contributed by atoms with van der Waals surface area (Å²) in [6, 6.07) is 14.6. The van der Waals surface area contributed by atoms with Gasteiger partial charge < -0.3 is 10.1 Å². The summed E-state index contributed by atoms with van der Waals surface area (Å²) >= 11 is 6.07. The molecule has 1 heterocycles. The molecule has 0 spiro atoms. The number of ether oxygens (including phenoxy) is 1. The molecule has 3 aromatic rings. The Balaban J connectivity index is 1.87. The maximum atomic E-state index is 11.7. The largest absolute Gasteiger partial charge is 0.462 e. The second kappa shape index (κ2) is 6.67. The van der Waals surface area contributed by atoms with E-state index in [0.29, 0.717) is 17.2 Å². The first-order chi connectivity index (χ1) is 11.2. The molecule has 0 radical (unpaired) electrons. The lowest BCUT2D eigenvalue weighted by Gasteiger charge is -2.10. The number of carbonyl (C=O) groups excluding carboxylic acids is 1. The number of anilines is 2. The molecule has 0 amide bonds. The predicted molar refractivity (Wildman–Crippen MR) is 92.4 cm³/mol. The van der Waals surface area contributed by atoms with E-state index in [4.69, 9.17) is 16.3 Å². The van der Waals surface area contributed by atoms with E-state index in [-0.39, 0.29) is 5.97 Å². The number of hydrogen-bond acceptors (Lipinski definition) is 4. The maximum Gasteiger partial charge on any atom is 0.338 e. The van der Waals surface area contributed by atoms with Crippen LogP contribution >= 0.6 is 11.6 Å². The number of nitrogens with one attached hydrogen (secondary N) is 1. The molecule has 0 fully saturated rings. The molecule has 4 nitrogen and oxygen atoms in total. The van der Waals surface area contributed by atoms with E-state index in [9.17, 15) is 4.79 Å². The minimum absolute atomic E-state index is 0.319. The lowest BCUT2D eigenvalue weighted by Crippen LogP contribution is -2.04. The van der Waals surface area contributed by atoms with Crippen molar-refractivity contribution in [2.75, 3.05) is 11.9 Å². The second-order valence-corrected chi connectivity index (χ2v) is 5.38.